The third-order valence-corrected chi connectivity index (χ3v) is 11.4. The highest BCUT2D eigenvalue weighted by Crippen LogP contribution is 2.57. The van der Waals surface area contributed by atoms with Crippen LogP contribution in [-0.4, -0.2) is 48.7 Å². The number of fused-ring (bicyclic) bond motifs is 6. The molecule has 1 aliphatic carbocycles. The van der Waals surface area contributed by atoms with E-state index < -0.39 is 11.6 Å². The number of phenols is 2. The zero-order valence-corrected chi connectivity index (χ0v) is 29.0. The fraction of sp³-hybridized carbons (Fsp3) is 0.300. The molecule has 12 heteroatoms. The maximum Gasteiger partial charge on any atom is 0.340 e. The lowest BCUT2D eigenvalue weighted by atomic mass is 9.73. The number of carbonyl (C=O) groups excluding carboxylic acids is 1. The molecule has 2 fully saturated rings. The second kappa shape index (κ2) is 12.5. The highest BCUT2D eigenvalue weighted by Gasteiger charge is 2.54. The number of halogens is 1. The zero-order chi connectivity index (χ0) is 35.6. The molecule has 4 aromatic carbocycles. The topological polar surface area (TPSA) is 156 Å². The molecule has 4 aliphatic rings. The third kappa shape index (κ3) is 5.25. The van der Waals surface area contributed by atoms with Gasteiger partial charge in [0.1, 0.15) is 28.8 Å². The average Bonchev–Trinajstić information content (AvgIpc) is 3.43. The van der Waals surface area contributed by atoms with Gasteiger partial charge in [-0.2, -0.15) is 9.97 Å². The van der Waals surface area contributed by atoms with Gasteiger partial charge >= 0.3 is 5.97 Å². The SMILES string of the molecule is NC1CC(c2nc(Cl)nc(Nc3ccc4c(c3)C(=O)OC43c4ccc(O)cc4Oc4cc(O)ccc43)n2)CCN1C1(c2ccccc2)CCCCC1. The summed E-state index contributed by atoms with van der Waals surface area (Å²) in [5, 5.41) is 23.7. The van der Waals surface area contributed by atoms with Gasteiger partial charge in [-0.05, 0) is 79.2 Å². The van der Waals surface area contributed by atoms with Gasteiger partial charge in [-0.1, -0.05) is 55.7 Å². The van der Waals surface area contributed by atoms with Gasteiger partial charge in [0, 0.05) is 52.5 Å². The molecule has 4 heterocycles. The summed E-state index contributed by atoms with van der Waals surface area (Å²) < 4.78 is 12.3. The van der Waals surface area contributed by atoms with Crippen molar-refractivity contribution in [1.82, 2.24) is 19.9 Å². The van der Waals surface area contributed by atoms with Crippen LogP contribution in [0.2, 0.25) is 5.28 Å². The van der Waals surface area contributed by atoms with Crippen LogP contribution in [0.1, 0.15) is 89.3 Å². The number of anilines is 2. The molecule has 0 amide bonds. The van der Waals surface area contributed by atoms with Crippen LogP contribution in [0, 0.1) is 0 Å². The van der Waals surface area contributed by atoms with Gasteiger partial charge in [-0.15, -0.1) is 0 Å². The van der Waals surface area contributed by atoms with Crippen molar-refractivity contribution in [2.45, 2.75) is 68.2 Å². The molecule has 1 aromatic heterocycles. The van der Waals surface area contributed by atoms with Gasteiger partial charge in [0.2, 0.25) is 11.2 Å². The van der Waals surface area contributed by atoms with Crippen molar-refractivity contribution in [1.29, 1.82) is 0 Å². The molecule has 0 bridgehead atoms. The number of hydrogen-bond donors (Lipinski definition) is 4. The number of benzene rings is 4. The first-order chi connectivity index (χ1) is 25.2. The number of nitrogens with zero attached hydrogens (tertiary/aromatic N) is 4. The van der Waals surface area contributed by atoms with Crippen LogP contribution in [0.4, 0.5) is 11.6 Å². The summed E-state index contributed by atoms with van der Waals surface area (Å²) in [6.07, 6.45) is 7.15. The first-order valence-corrected chi connectivity index (χ1v) is 18.1. The van der Waals surface area contributed by atoms with E-state index in [0.29, 0.717) is 51.7 Å². The highest BCUT2D eigenvalue weighted by molar-refractivity contribution is 6.28. The Hall–Kier alpha value is -5.23. The number of phenolic OH excluding ortho intramolecular Hbond substituents is 2. The minimum Gasteiger partial charge on any atom is -0.508 e. The van der Waals surface area contributed by atoms with Crippen molar-refractivity contribution >= 4 is 29.2 Å². The Bertz CT molecular complexity index is 2160. The normalized spacial score (nSPS) is 21.4. The number of aromatic nitrogens is 3. The molecule has 1 saturated carbocycles. The number of nitrogens with two attached hydrogens (primary N) is 1. The molecular weight excluding hydrogens is 680 g/mol. The number of ether oxygens (including phenoxy) is 2. The second-order valence-corrected chi connectivity index (χ2v) is 14.5. The standard InChI is InChI=1S/C40H37ClN6O5/c41-37-44-35(23-15-18-47(34(42)19-23)39(16-5-2-6-17-39)24-7-3-1-4-8-24)45-38(46-37)43-25-9-12-29-28(20-25)36(50)52-40(29)30-13-10-26(48)21-32(30)51-33-22-27(49)11-14-31(33)40/h1,3-4,7-14,20-23,34,48-49H,2,5-6,15-19,42H2,(H,43,44,45,46). The predicted octanol–water partition coefficient (Wildman–Crippen LogP) is 7.57. The van der Waals surface area contributed by atoms with Gasteiger partial charge in [0.15, 0.2) is 5.60 Å². The number of rotatable bonds is 5. The molecule has 9 rings (SSSR count). The van der Waals surface area contributed by atoms with Gasteiger partial charge in [-0.3, -0.25) is 4.90 Å². The van der Waals surface area contributed by atoms with E-state index in [9.17, 15) is 15.0 Å². The minimum absolute atomic E-state index is 0.00824. The van der Waals surface area contributed by atoms with Crippen LogP contribution >= 0.6 is 11.6 Å². The fourth-order valence-electron chi connectivity index (χ4n) is 8.91. The van der Waals surface area contributed by atoms with Crippen LogP contribution in [0.5, 0.6) is 23.0 Å². The summed E-state index contributed by atoms with van der Waals surface area (Å²) in [5.41, 5.74) is 9.47. The van der Waals surface area contributed by atoms with Crippen molar-refractivity contribution in [2.75, 3.05) is 11.9 Å². The number of aromatic hydroxyl groups is 2. The summed E-state index contributed by atoms with van der Waals surface area (Å²) in [5.74, 6) is 0.894. The molecule has 11 nitrogen and oxygen atoms in total. The Morgan fingerprint density at radius 1 is 0.846 bits per heavy atom. The average molecular weight is 717 g/mol. The van der Waals surface area contributed by atoms with Gasteiger partial charge in [-0.25, -0.2) is 9.78 Å². The Morgan fingerprint density at radius 3 is 2.23 bits per heavy atom. The molecular formula is C40H37ClN6O5. The van der Waals surface area contributed by atoms with Crippen LogP contribution in [0.3, 0.4) is 0 Å². The second-order valence-electron chi connectivity index (χ2n) is 14.1. The summed E-state index contributed by atoms with van der Waals surface area (Å²) in [6, 6.07) is 25.4. The third-order valence-electron chi connectivity index (χ3n) is 11.2. The van der Waals surface area contributed by atoms with Gasteiger partial charge < -0.3 is 30.7 Å². The van der Waals surface area contributed by atoms with E-state index in [4.69, 9.17) is 31.8 Å². The van der Waals surface area contributed by atoms with E-state index >= 15 is 0 Å². The number of esters is 1. The maximum atomic E-state index is 13.6. The Morgan fingerprint density at radius 2 is 1.54 bits per heavy atom. The summed E-state index contributed by atoms with van der Waals surface area (Å²) in [7, 11) is 0. The summed E-state index contributed by atoms with van der Waals surface area (Å²) in [4.78, 5) is 29.8. The van der Waals surface area contributed by atoms with Crippen molar-refractivity contribution in [3.05, 3.63) is 124 Å². The van der Waals surface area contributed by atoms with Crippen LogP contribution in [-0.2, 0) is 15.9 Å². The number of carbonyl (C=O) groups is 1. The molecule has 0 radical (unpaired) electrons. The molecule has 264 valence electrons. The van der Waals surface area contributed by atoms with E-state index in [1.165, 1.54) is 49.1 Å². The Kier molecular flexibility index (Phi) is 7.83. The molecule has 5 N–H and O–H groups in total. The lowest BCUT2D eigenvalue weighted by Crippen LogP contribution is -2.58. The van der Waals surface area contributed by atoms with Crippen LogP contribution in [0.15, 0.2) is 84.9 Å². The molecule has 52 heavy (non-hydrogen) atoms. The first kappa shape index (κ1) is 32.7. The van der Waals surface area contributed by atoms with E-state index in [0.717, 1.165) is 25.8 Å². The van der Waals surface area contributed by atoms with Crippen LogP contribution in [0.25, 0.3) is 0 Å². The van der Waals surface area contributed by atoms with Crippen molar-refractivity contribution in [3.63, 3.8) is 0 Å². The maximum absolute atomic E-state index is 13.6. The van der Waals surface area contributed by atoms with E-state index in [1.54, 1.807) is 18.2 Å². The zero-order valence-electron chi connectivity index (χ0n) is 28.3. The lowest BCUT2D eigenvalue weighted by Gasteiger charge is -2.52. The molecule has 3 aliphatic heterocycles. The number of nitrogens with one attached hydrogen (secondary N) is 1. The lowest BCUT2D eigenvalue weighted by molar-refractivity contribution is -0.0162. The van der Waals surface area contributed by atoms with Crippen LogP contribution < -0.4 is 15.8 Å². The Labute approximate surface area is 305 Å². The summed E-state index contributed by atoms with van der Waals surface area (Å²) in [6.45, 7) is 0.817. The molecule has 5 aromatic rings. The smallest absolute Gasteiger partial charge is 0.340 e. The predicted molar refractivity (Wildman–Crippen MR) is 194 cm³/mol. The van der Waals surface area contributed by atoms with E-state index in [2.05, 4.69) is 50.5 Å². The highest BCUT2D eigenvalue weighted by atomic mass is 35.5. The molecule has 1 spiro atoms. The van der Waals surface area contributed by atoms with Crippen molar-refractivity contribution < 1.29 is 24.5 Å². The quantitative estimate of drug-likeness (QED) is 0.133. The fourth-order valence-corrected chi connectivity index (χ4v) is 9.07. The van der Waals surface area contributed by atoms with E-state index in [-0.39, 0.29) is 40.4 Å². The summed E-state index contributed by atoms with van der Waals surface area (Å²) >= 11 is 6.49. The van der Waals surface area contributed by atoms with E-state index in [1.807, 2.05) is 12.1 Å². The van der Waals surface area contributed by atoms with Crippen molar-refractivity contribution in [3.8, 4) is 23.0 Å². The first-order valence-electron chi connectivity index (χ1n) is 17.7. The number of hydrogen-bond acceptors (Lipinski definition) is 11. The number of piperidine rings is 1. The van der Waals surface area contributed by atoms with Gasteiger partial charge in [0.25, 0.3) is 0 Å². The molecule has 1 saturated heterocycles. The number of likely N-dealkylation sites (tertiary alicyclic amines) is 1. The van der Waals surface area contributed by atoms with Crippen molar-refractivity contribution in [2.24, 2.45) is 5.73 Å². The Balaban J connectivity index is 0.996. The monoisotopic (exact) mass is 716 g/mol. The largest absolute Gasteiger partial charge is 0.508 e. The molecule has 2 atom stereocenters. The minimum atomic E-state index is -1.36. The van der Waals surface area contributed by atoms with Gasteiger partial charge in [0.05, 0.1) is 11.7 Å². The molecule has 2 unspecified atom stereocenters.